The van der Waals surface area contributed by atoms with Gasteiger partial charge in [-0.1, -0.05) is 37.3 Å². The van der Waals surface area contributed by atoms with Crippen molar-refractivity contribution in [2.45, 2.75) is 30.5 Å². The van der Waals surface area contributed by atoms with Gasteiger partial charge in [0.05, 0.1) is 0 Å². The van der Waals surface area contributed by atoms with E-state index in [1.165, 1.54) is 11.3 Å². The molecule has 114 valence electrons. The zero-order valence-corrected chi connectivity index (χ0v) is 13.8. The fourth-order valence-corrected chi connectivity index (χ4v) is 4.67. The zero-order valence-electron chi connectivity index (χ0n) is 12.2. The molecule has 0 saturated carbocycles. The predicted molar refractivity (Wildman–Crippen MR) is 87.0 cm³/mol. The number of nitrogens with two attached hydrogens (primary N) is 1. The first-order chi connectivity index (χ1) is 9.94. The van der Waals surface area contributed by atoms with Gasteiger partial charge in [0.25, 0.3) is 0 Å². The van der Waals surface area contributed by atoms with Gasteiger partial charge >= 0.3 is 0 Å². The van der Waals surface area contributed by atoms with E-state index in [9.17, 15) is 8.42 Å². The van der Waals surface area contributed by atoms with Crippen molar-refractivity contribution in [1.29, 1.82) is 0 Å². The van der Waals surface area contributed by atoms with E-state index < -0.39 is 10.0 Å². The molecule has 1 aromatic heterocycles. The van der Waals surface area contributed by atoms with Crippen LogP contribution in [0, 0.1) is 6.92 Å². The Morgan fingerprint density at radius 2 is 1.95 bits per heavy atom. The number of hydrogen-bond acceptors (Lipinski definition) is 4. The van der Waals surface area contributed by atoms with Crippen molar-refractivity contribution in [3.05, 3.63) is 52.4 Å². The van der Waals surface area contributed by atoms with Crippen molar-refractivity contribution in [2.24, 2.45) is 5.73 Å². The van der Waals surface area contributed by atoms with E-state index in [1.54, 1.807) is 6.07 Å². The first-order valence-electron chi connectivity index (χ1n) is 6.78. The average Bonchev–Trinajstić information content (AvgIpc) is 2.88. The lowest BCUT2D eigenvalue weighted by Gasteiger charge is -2.12. The Balaban J connectivity index is 2.07. The lowest BCUT2D eigenvalue weighted by molar-refractivity contribution is 0.577. The monoisotopic (exact) mass is 324 g/mol. The number of nitrogens with one attached hydrogen (secondary N) is 1. The molecule has 3 N–H and O–H groups in total. The standard InChI is InChI=1S/C15H20N2O2S2/c1-11-8-15(20-14(11)9-16)21(18,19)17-10-12(2)13-6-4-3-5-7-13/h3-8,12,17H,9-10,16H2,1-2H3. The minimum Gasteiger partial charge on any atom is -0.326 e. The van der Waals surface area contributed by atoms with Gasteiger partial charge in [0.1, 0.15) is 4.21 Å². The molecule has 1 atom stereocenters. The first kappa shape index (κ1) is 16.2. The van der Waals surface area contributed by atoms with Crippen molar-refractivity contribution in [3.63, 3.8) is 0 Å². The molecule has 2 rings (SSSR count). The number of thiophene rings is 1. The van der Waals surface area contributed by atoms with E-state index in [2.05, 4.69) is 4.72 Å². The first-order valence-corrected chi connectivity index (χ1v) is 9.08. The molecule has 1 aromatic carbocycles. The summed E-state index contributed by atoms with van der Waals surface area (Å²) in [5.74, 6) is 0.121. The predicted octanol–water partition coefficient (Wildman–Crippen LogP) is 2.60. The number of sulfonamides is 1. The average molecular weight is 324 g/mol. The Kier molecular flexibility index (Phi) is 5.16. The summed E-state index contributed by atoms with van der Waals surface area (Å²) in [6.07, 6.45) is 0. The lowest BCUT2D eigenvalue weighted by atomic mass is 10.0. The molecule has 0 aliphatic heterocycles. The third kappa shape index (κ3) is 3.91. The van der Waals surface area contributed by atoms with Crippen LogP contribution in [0.15, 0.2) is 40.6 Å². The molecular weight excluding hydrogens is 304 g/mol. The molecule has 6 heteroatoms. The van der Waals surface area contributed by atoms with Crippen LogP contribution in [0.25, 0.3) is 0 Å². The molecule has 1 heterocycles. The molecule has 0 aliphatic carbocycles. The highest BCUT2D eigenvalue weighted by atomic mass is 32.2. The smallest absolute Gasteiger partial charge is 0.250 e. The fraction of sp³-hybridized carbons (Fsp3) is 0.333. The highest BCUT2D eigenvalue weighted by Crippen LogP contribution is 2.25. The molecule has 0 aliphatic rings. The molecule has 0 bridgehead atoms. The second kappa shape index (κ2) is 6.70. The topological polar surface area (TPSA) is 72.2 Å². The van der Waals surface area contributed by atoms with E-state index >= 15 is 0 Å². The summed E-state index contributed by atoms with van der Waals surface area (Å²) in [4.78, 5) is 0.909. The Hall–Kier alpha value is -1.21. The normalized spacial score (nSPS) is 13.3. The zero-order chi connectivity index (χ0) is 15.5. The Bertz CT molecular complexity index is 694. The van der Waals surface area contributed by atoms with E-state index in [-0.39, 0.29) is 5.92 Å². The van der Waals surface area contributed by atoms with E-state index in [1.807, 2.05) is 44.2 Å². The van der Waals surface area contributed by atoms with Gasteiger partial charge < -0.3 is 5.73 Å². The van der Waals surface area contributed by atoms with Crippen molar-refractivity contribution < 1.29 is 8.42 Å². The molecule has 21 heavy (non-hydrogen) atoms. The third-order valence-corrected chi connectivity index (χ3v) is 6.55. The molecular formula is C15H20N2O2S2. The Labute approximate surface area is 130 Å². The van der Waals surface area contributed by atoms with E-state index in [0.717, 1.165) is 16.0 Å². The fourth-order valence-electron chi connectivity index (χ4n) is 2.03. The van der Waals surface area contributed by atoms with Crippen molar-refractivity contribution in [1.82, 2.24) is 4.72 Å². The van der Waals surface area contributed by atoms with E-state index in [0.29, 0.717) is 17.3 Å². The van der Waals surface area contributed by atoms with Crippen molar-refractivity contribution in [3.8, 4) is 0 Å². The number of benzene rings is 1. The van der Waals surface area contributed by atoms with Crippen LogP contribution in [-0.4, -0.2) is 15.0 Å². The van der Waals surface area contributed by atoms with Crippen LogP contribution in [-0.2, 0) is 16.6 Å². The second-order valence-electron chi connectivity index (χ2n) is 5.04. The molecule has 4 nitrogen and oxygen atoms in total. The van der Waals surface area contributed by atoms with Gasteiger partial charge in [0.2, 0.25) is 10.0 Å². The van der Waals surface area contributed by atoms with Crippen LogP contribution in [0.1, 0.15) is 28.8 Å². The van der Waals surface area contributed by atoms with Crippen LogP contribution < -0.4 is 10.5 Å². The van der Waals surface area contributed by atoms with Crippen molar-refractivity contribution in [2.75, 3.05) is 6.54 Å². The van der Waals surface area contributed by atoms with Gasteiger partial charge in [-0.05, 0) is 30.0 Å². The minimum atomic E-state index is -3.46. The maximum absolute atomic E-state index is 12.3. The quantitative estimate of drug-likeness (QED) is 0.858. The summed E-state index contributed by atoms with van der Waals surface area (Å²) in [5.41, 5.74) is 7.65. The minimum absolute atomic E-state index is 0.121. The Morgan fingerprint density at radius 3 is 2.52 bits per heavy atom. The Morgan fingerprint density at radius 1 is 1.29 bits per heavy atom. The summed E-state index contributed by atoms with van der Waals surface area (Å²) in [6.45, 7) is 4.63. The second-order valence-corrected chi connectivity index (χ2v) is 8.17. The molecule has 0 spiro atoms. The maximum atomic E-state index is 12.3. The molecule has 0 amide bonds. The van der Waals surface area contributed by atoms with Crippen LogP contribution in [0.3, 0.4) is 0 Å². The number of hydrogen-bond donors (Lipinski definition) is 2. The van der Waals surface area contributed by atoms with Gasteiger partial charge in [-0.2, -0.15) is 0 Å². The third-order valence-electron chi connectivity index (χ3n) is 3.40. The molecule has 1 unspecified atom stereocenters. The van der Waals surface area contributed by atoms with Gasteiger partial charge in [-0.25, -0.2) is 13.1 Å². The van der Waals surface area contributed by atoms with Crippen LogP contribution in [0.4, 0.5) is 0 Å². The number of aryl methyl sites for hydroxylation is 1. The highest BCUT2D eigenvalue weighted by molar-refractivity contribution is 7.91. The molecule has 0 saturated heterocycles. The van der Waals surface area contributed by atoms with Gasteiger partial charge in [-0.15, -0.1) is 11.3 Å². The lowest BCUT2D eigenvalue weighted by Crippen LogP contribution is -2.27. The van der Waals surface area contributed by atoms with Gasteiger partial charge in [-0.3, -0.25) is 0 Å². The number of rotatable bonds is 6. The summed E-state index contributed by atoms with van der Waals surface area (Å²) in [5, 5.41) is 0. The summed E-state index contributed by atoms with van der Waals surface area (Å²) < 4.78 is 27.6. The van der Waals surface area contributed by atoms with Gasteiger partial charge in [0, 0.05) is 18.0 Å². The maximum Gasteiger partial charge on any atom is 0.250 e. The molecule has 2 aromatic rings. The van der Waals surface area contributed by atoms with Crippen molar-refractivity contribution >= 4 is 21.4 Å². The molecule has 0 radical (unpaired) electrons. The van der Waals surface area contributed by atoms with Crippen LogP contribution in [0.2, 0.25) is 0 Å². The van der Waals surface area contributed by atoms with Gasteiger partial charge in [0.15, 0.2) is 0 Å². The van der Waals surface area contributed by atoms with E-state index in [4.69, 9.17) is 5.73 Å². The molecule has 0 fully saturated rings. The summed E-state index contributed by atoms with van der Waals surface area (Å²) in [6, 6.07) is 11.5. The highest BCUT2D eigenvalue weighted by Gasteiger charge is 2.19. The van der Waals surface area contributed by atoms with Crippen LogP contribution in [0.5, 0.6) is 0 Å². The van der Waals surface area contributed by atoms with Crippen LogP contribution >= 0.6 is 11.3 Å². The summed E-state index contributed by atoms with van der Waals surface area (Å²) >= 11 is 1.24. The largest absolute Gasteiger partial charge is 0.326 e. The summed E-state index contributed by atoms with van der Waals surface area (Å²) in [7, 11) is -3.46. The SMILES string of the molecule is Cc1cc(S(=O)(=O)NCC(C)c2ccccc2)sc1CN.